The monoisotopic (exact) mass is 137 g/mol. The Labute approximate surface area is 60.3 Å². The van der Waals surface area contributed by atoms with Gasteiger partial charge in [0.05, 0.1) is 6.04 Å². The molecule has 0 saturated heterocycles. The van der Waals surface area contributed by atoms with Crippen LogP contribution in [0.3, 0.4) is 0 Å². The Morgan fingerprint density at radius 2 is 2.10 bits per heavy atom. The number of carbonyl (C=O) groups excluding carboxylic acids is 1. The average molecular weight is 137 g/mol. The summed E-state index contributed by atoms with van der Waals surface area (Å²) in [6.45, 7) is 0. The number of hydrogen-bond acceptors (Lipinski definition) is 2. The number of rotatable bonds is 1. The summed E-state index contributed by atoms with van der Waals surface area (Å²) >= 11 is 0. The topological polar surface area (TPSA) is 29.4 Å². The Morgan fingerprint density at radius 3 is 2.50 bits per heavy atom. The lowest BCUT2D eigenvalue weighted by Gasteiger charge is -2.52. The molecular formula is C8H11NO. The first-order valence-corrected chi connectivity index (χ1v) is 3.92. The first-order chi connectivity index (χ1) is 4.85. The van der Waals surface area contributed by atoms with Crippen LogP contribution in [0.1, 0.15) is 32.1 Å². The molecule has 2 rings (SSSR count). The minimum atomic E-state index is 0.331. The van der Waals surface area contributed by atoms with Gasteiger partial charge in [0.15, 0.2) is 0 Å². The van der Waals surface area contributed by atoms with E-state index >= 15 is 0 Å². The number of isocyanates is 1. The van der Waals surface area contributed by atoms with Crippen LogP contribution in [0.25, 0.3) is 0 Å². The molecule has 2 heteroatoms. The Balaban J connectivity index is 1.87. The zero-order chi connectivity index (χ0) is 7.03. The van der Waals surface area contributed by atoms with E-state index < -0.39 is 0 Å². The van der Waals surface area contributed by atoms with Crippen LogP contribution in [-0.2, 0) is 4.79 Å². The van der Waals surface area contributed by atoms with Gasteiger partial charge < -0.3 is 0 Å². The molecule has 1 spiro atoms. The summed E-state index contributed by atoms with van der Waals surface area (Å²) in [6, 6.07) is 0.331. The van der Waals surface area contributed by atoms with Gasteiger partial charge in [-0.15, -0.1) is 0 Å². The Hall–Kier alpha value is -0.620. The van der Waals surface area contributed by atoms with Gasteiger partial charge >= 0.3 is 0 Å². The molecule has 0 aromatic heterocycles. The van der Waals surface area contributed by atoms with E-state index in [4.69, 9.17) is 0 Å². The van der Waals surface area contributed by atoms with Crippen molar-refractivity contribution >= 4 is 6.08 Å². The maximum Gasteiger partial charge on any atom is 0.235 e. The van der Waals surface area contributed by atoms with E-state index in [0.717, 1.165) is 12.8 Å². The molecule has 0 aromatic carbocycles. The zero-order valence-corrected chi connectivity index (χ0v) is 5.97. The SMILES string of the molecule is O=C=NC1CC2(CCC2)C1. The van der Waals surface area contributed by atoms with Crippen LogP contribution in [-0.4, -0.2) is 12.1 Å². The van der Waals surface area contributed by atoms with E-state index in [-0.39, 0.29) is 0 Å². The largest absolute Gasteiger partial charge is 0.235 e. The van der Waals surface area contributed by atoms with E-state index in [1.165, 1.54) is 19.3 Å². The standard InChI is InChI=1S/C8H11NO/c10-6-9-7-4-8(5-7)2-1-3-8/h7H,1-5H2. The maximum atomic E-state index is 9.83. The minimum absolute atomic E-state index is 0.331. The van der Waals surface area contributed by atoms with Gasteiger partial charge in [-0.3, -0.25) is 0 Å². The van der Waals surface area contributed by atoms with Crippen LogP contribution in [0.15, 0.2) is 4.99 Å². The van der Waals surface area contributed by atoms with Crippen molar-refractivity contribution in [2.24, 2.45) is 10.4 Å². The summed E-state index contributed by atoms with van der Waals surface area (Å²) in [5.41, 5.74) is 0.644. The fourth-order valence-corrected chi connectivity index (χ4v) is 2.19. The molecule has 0 aliphatic heterocycles. The minimum Gasteiger partial charge on any atom is -0.211 e. The van der Waals surface area contributed by atoms with Gasteiger partial charge in [-0.2, -0.15) is 0 Å². The van der Waals surface area contributed by atoms with Crippen LogP contribution >= 0.6 is 0 Å². The van der Waals surface area contributed by atoms with Crippen molar-refractivity contribution in [1.29, 1.82) is 0 Å². The smallest absolute Gasteiger partial charge is 0.211 e. The van der Waals surface area contributed by atoms with E-state index in [0.29, 0.717) is 11.5 Å². The molecule has 0 radical (unpaired) electrons. The third-order valence-electron chi connectivity index (χ3n) is 2.99. The highest BCUT2D eigenvalue weighted by atomic mass is 16.1. The number of nitrogens with zero attached hydrogens (tertiary/aromatic N) is 1. The molecule has 54 valence electrons. The van der Waals surface area contributed by atoms with Crippen molar-refractivity contribution in [2.45, 2.75) is 38.1 Å². The predicted molar refractivity (Wildman–Crippen MR) is 37.4 cm³/mol. The van der Waals surface area contributed by atoms with Gasteiger partial charge in [0.2, 0.25) is 6.08 Å². The van der Waals surface area contributed by atoms with Gasteiger partial charge in [-0.1, -0.05) is 6.42 Å². The van der Waals surface area contributed by atoms with Crippen molar-refractivity contribution in [3.05, 3.63) is 0 Å². The van der Waals surface area contributed by atoms with Gasteiger partial charge in [0, 0.05) is 0 Å². The Bertz CT molecular complexity index is 181. The van der Waals surface area contributed by atoms with Gasteiger partial charge in [0.1, 0.15) is 0 Å². The van der Waals surface area contributed by atoms with E-state index in [2.05, 4.69) is 4.99 Å². The predicted octanol–water partition coefficient (Wildman–Crippen LogP) is 1.65. The molecule has 2 fully saturated rings. The van der Waals surface area contributed by atoms with Crippen LogP contribution < -0.4 is 0 Å². The lowest BCUT2D eigenvalue weighted by Crippen LogP contribution is -2.44. The van der Waals surface area contributed by atoms with Gasteiger partial charge in [-0.05, 0) is 31.1 Å². The molecule has 0 N–H and O–H groups in total. The lowest BCUT2D eigenvalue weighted by molar-refractivity contribution is 0.0130. The fraction of sp³-hybridized carbons (Fsp3) is 0.875. The highest BCUT2D eigenvalue weighted by Crippen LogP contribution is 2.56. The van der Waals surface area contributed by atoms with Crippen LogP contribution in [0.5, 0.6) is 0 Å². The molecule has 10 heavy (non-hydrogen) atoms. The van der Waals surface area contributed by atoms with Crippen molar-refractivity contribution in [1.82, 2.24) is 0 Å². The average Bonchev–Trinajstić information content (AvgIpc) is 1.72. The third-order valence-corrected chi connectivity index (χ3v) is 2.99. The normalized spacial score (nSPS) is 28.4. The first kappa shape index (κ1) is 6.11. The van der Waals surface area contributed by atoms with Crippen LogP contribution in [0.4, 0.5) is 0 Å². The van der Waals surface area contributed by atoms with Crippen molar-refractivity contribution in [2.75, 3.05) is 0 Å². The maximum absolute atomic E-state index is 9.83. The van der Waals surface area contributed by atoms with Gasteiger partial charge in [-0.25, -0.2) is 9.79 Å². The lowest BCUT2D eigenvalue weighted by atomic mass is 9.54. The summed E-state index contributed by atoms with van der Waals surface area (Å²) in [5.74, 6) is 0. The van der Waals surface area contributed by atoms with E-state index in [1.54, 1.807) is 6.08 Å². The molecule has 2 aliphatic rings. The highest BCUT2D eigenvalue weighted by Gasteiger charge is 2.48. The Morgan fingerprint density at radius 1 is 1.40 bits per heavy atom. The molecule has 0 heterocycles. The first-order valence-electron chi connectivity index (χ1n) is 3.92. The molecule has 2 nitrogen and oxygen atoms in total. The molecule has 0 unspecified atom stereocenters. The van der Waals surface area contributed by atoms with Crippen molar-refractivity contribution in [3.8, 4) is 0 Å². The molecule has 2 saturated carbocycles. The van der Waals surface area contributed by atoms with Crippen LogP contribution in [0, 0.1) is 5.41 Å². The van der Waals surface area contributed by atoms with Gasteiger partial charge in [0.25, 0.3) is 0 Å². The summed E-state index contributed by atoms with van der Waals surface area (Å²) in [6.07, 6.45) is 8.07. The molecule has 0 atom stereocenters. The van der Waals surface area contributed by atoms with Crippen LogP contribution in [0.2, 0.25) is 0 Å². The van der Waals surface area contributed by atoms with Crippen molar-refractivity contribution in [3.63, 3.8) is 0 Å². The summed E-state index contributed by atoms with van der Waals surface area (Å²) in [7, 11) is 0. The fourth-order valence-electron chi connectivity index (χ4n) is 2.19. The zero-order valence-electron chi connectivity index (χ0n) is 5.97. The molecule has 2 aliphatic carbocycles. The molecule has 0 amide bonds. The second-order valence-electron chi connectivity index (χ2n) is 3.64. The number of aliphatic imine (C=N–C) groups is 1. The second-order valence-corrected chi connectivity index (χ2v) is 3.64. The highest BCUT2D eigenvalue weighted by molar-refractivity contribution is 5.34. The van der Waals surface area contributed by atoms with E-state index in [9.17, 15) is 4.79 Å². The summed E-state index contributed by atoms with van der Waals surface area (Å²) < 4.78 is 0. The molecule has 0 bridgehead atoms. The third kappa shape index (κ3) is 0.723. The van der Waals surface area contributed by atoms with E-state index in [1.807, 2.05) is 0 Å². The summed E-state index contributed by atoms with van der Waals surface area (Å²) in [5, 5.41) is 0. The van der Waals surface area contributed by atoms with Crippen molar-refractivity contribution < 1.29 is 4.79 Å². The Kier molecular flexibility index (Phi) is 1.18. The second kappa shape index (κ2) is 1.93. The molecular weight excluding hydrogens is 126 g/mol. The summed E-state index contributed by atoms with van der Waals surface area (Å²) in [4.78, 5) is 13.5. The quantitative estimate of drug-likeness (QED) is 0.399. The molecule has 0 aromatic rings. The number of hydrogen-bond donors (Lipinski definition) is 0.